The number of hydrogen-bond donors (Lipinski definition) is 2. The van der Waals surface area contributed by atoms with Gasteiger partial charge in [-0.05, 0) is 76.2 Å². The standard InChI is InChI=1S/C26H40N2O4/c1-5-20-10-13-32-24-15-18(3)14-22(25(20)24)26(30)27-16-21-9-12-28(17-23(21)29)11-7-8-19(4)31-6-2/h14-15,20-21,23,29H,4-13,16-17H2,1-3H3,(H,27,30)/t20?,21-,23+/m0/s1. The molecule has 0 aliphatic carbocycles. The van der Waals surface area contributed by atoms with E-state index in [1.165, 1.54) is 0 Å². The number of allylic oxidation sites excluding steroid dienone is 1. The van der Waals surface area contributed by atoms with Crippen molar-refractivity contribution in [1.82, 2.24) is 10.2 Å². The first kappa shape index (κ1) is 24.6. The summed E-state index contributed by atoms with van der Waals surface area (Å²) in [6.45, 7) is 14.4. The Hall–Kier alpha value is -2.05. The molecule has 0 aromatic heterocycles. The number of fused-ring (bicyclic) bond motifs is 1. The number of amides is 1. The van der Waals surface area contributed by atoms with Crippen LogP contribution in [0.4, 0.5) is 0 Å². The topological polar surface area (TPSA) is 71.0 Å². The van der Waals surface area contributed by atoms with E-state index >= 15 is 0 Å². The van der Waals surface area contributed by atoms with Crippen molar-refractivity contribution >= 4 is 5.91 Å². The number of benzene rings is 1. The van der Waals surface area contributed by atoms with E-state index in [9.17, 15) is 9.90 Å². The van der Waals surface area contributed by atoms with Crippen molar-refractivity contribution in [3.8, 4) is 5.75 Å². The highest BCUT2D eigenvalue weighted by Gasteiger charge is 2.30. The molecule has 2 aliphatic heterocycles. The lowest BCUT2D eigenvalue weighted by Crippen LogP contribution is -2.47. The monoisotopic (exact) mass is 444 g/mol. The Morgan fingerprint density at radius 3 is 2.88 bits per heavy atom. The molecule has 0 bridgehead atoms. The van der Waals surface area contributed by atoms with E-state index in [1.54, 1.807) is 0 Å². The van der Waals surface area contributed by atoms with Crippen LogP contribution < -0.4 is 10.1 Å². The Labute approximate surface area is 193 Å². The van der Waals surface area contributed by atoms with Crippen LogP contribution in [0, 0.1) is 12.8 Å². The number of carbonyl (C=O) groups excluding carboxylic acids is 1. The molecule has 1 amide bonds. The van der Waals surface area contributed by atoms with Crippen molar-refractivity contribution < 1.29 is 19.4 Å². The van der Waals surface area contributed by atoms with E-state index in [1.807, 2.05) is 26.0 Å². The van der Waals surface area contributed by atoms with E-state index in [4.69, 9.17) is 9.47 Å². The number of nitrogens with zero attached hydrogens (tertiary/aromatic N) is 1. The second-order valence-electron chi connectivity index (χ2n) is 9.17. The number of likely N-dealkylation sites (tertiary alicyclic amines) is 1. The Morgan fingerprint density at radius 1 is 1.34 bits per heavy atom. The van der Waals surface area contributed by atoms with Gasteiger partial charge >= 0.3 is 0 Å². The third-order valence-corrected chi connectivity index (χ3v) is 6.76. The number of piperidine rings is 1. The minimum absolute atomic E-state index is 0.0574. The third kappa shape index (κ3) is 6.26. The number of rotatable bonds is 10. The summed E-state index contributed by atoms with van der Waals surface area (Å²) in [5, 5.41) is 13.8. The first-order chi connectivity index (χ1) is 15.4. The van der Waals surface area contributed by atoms with Gasteiger partial charge in [0.25, 0.3) is 5.91 Å². The van der Waals surface area contributed by atoms with Crippen LogP contribution >= 0.6 is 0 Å². The van der Waals surface area contributed by atoms with Gasteiger partial charge in [-0.1, -0.05) is 13.5 Å². The molecular weight excluding hydrogens is 404 g/mol. The molecule has 2 heterocycles. The summed E-state index contributed by atoms with van der Waals surface area (Å²) >= 11 is 0. The Morgan fingerprint density at radius 2 is 2.16 bits per heavy atom. The highest BCUT2D eigenvalue weighted by Crippen LogP contribution is 2.39. The Balaban J connectivity index is 1.52. The molecule has 6 heteroatoms. The molecule has 2 N–H and O–H groups in total. The molecule has 1 fully saturated rings. The molecule has 178 valence electrons. The maximum absolute atomic E-state index is 13.1. The summed E-state index contributed by atoms with van der Waals surface area (Å²) in [6, 6.07) is 4.01. The first-order valence-electron chi connectivity index (χ1n) is 12.2. The fourth-order valence-electron chi connectivity index (χ4n) is 4.94. The number of ether oxygens (including phenoxy) is 2. The van der Waals surface area contributed by atoms with Gasteiger partial charge in [0.05, 0.1) is 25.1 Å². The second kappa shape index (κ2) is 11.7. The molecule has 1 unspecified atom stereocenters. The average Bonchev–Trinajstić information content (AvgIpc) is 2.77. The average molecular weight is 445 g/mol. The summed E-state index contributed by atoms with van der Waals surface area (Å²) < 4.78 is 11.3. The zero-order valence-electron chi connectivity index (χ0n) is 20.0. The normalized spacial score (nSPS) is 23.2. The number of hydrogen-bond acceptors (Lipinski definition) is 5. The van der Waals surface area contributed by atoms with Crippen molar-refractivity contribution in [1.29, 1.82) is 0 Å². The van der Waals surface area contributed by atoms with Gasteiger partial charge in [-0.3, -0.25) is 4.79 Å². The molecule has 1 aromatic rings. The molecule has 1 saturated heterocycles. The molecule has 6 nitrogen and oxygen atoms in total. The van der Waals surface area contributed by atoms with Crippen molar-refractivity contribution in [3.05, 3.63) is 41.2 Å². The zero-order chi connectivity index (χ0) is 23.1. The predicted octanol–water partition coefficient (Wildman–Crippen LogP) is 4.01. The summed E-state index contributed by atoms with van der Waals surface area (Å²) in [5.41, 5.74) is 2.81. The lowest BCUT2D eigenvalue weighted by atomic mass is 9.86. The van der Waals surface area contributed by atoms with E-state index in [-0.39, 0.29) is 11.8 Å². The van der Waals surface area contributed by atoms with Gasteiger partial charge in [0.2, 0.25) is 0 Å². The van der Waals surface area contributed by atoms with Crippen LogP contribution in [-0.4, -0.2) is 61.4 Å². The number of nitrogens with one attached hydrogen (secondary N) is 1. The quantitative estimate of drug-likeness (QED) is 0.534. The van der Waals surface area contributed by atoms with E-state index < -0.39 is 6.10 Å². The molecule has 0 spiro atoms. The summed E-state index contributed by atoms with van der Waals surface area (Å²) in [4.78, 5) is 15.4. The van der Waals surface area contributed by atoms with Crippen molar-refractivity contribution in [2.24, 2.45) is 5.92 Å². The van der Waals surface area contributed by atoms with Gasteiger partial charge in [-0.25, -0.2) is 0 Å². The van der Waals surface area contributed by atoms with Crippen molar-refractivity contribution in [3.63, 3.8) is 0 Å². The highest BCUT2D eigenvalue weighted by molar-refractivity contribution is 5.97. The molecule has 3 atom stereocenters. The maximum atomic E-state index is 13.1. The van der Waals surface area contributed by atoms with Gasteiger partial charge in [0, 0.05) is 36.6 Å². The van der Waals surface area contributed by atoms with Gasteiger partial charge < -0.3 is 24.8 Å². The Bertz CT molecular complexity index is 794. The fourth-order valence-corrected chi connectivity index (χ4v) is 4.94. The number of aliphatic hydroxyl groups is 1. The number of aryl methyl sites for hydroxylation is 1. The summed E-state index contributed by atoms with van der Waals surface area (Å²) in [6.07, 6.45) is 4.21. The van der Waals surface area contributed by atoms with Crippen LogP contribution in [0.2, 0.25) is 0 Å². The number of β-amino-alcohol motifs (C(OH)–C–C–N with tert-alkyl or cyclic N) is 1. The molecular formula is C26H40N2O4. The van der Waals surface area contributed by atoms with Gasteiger partial charge in [-0.2, -0.15) is 0 Å². The van der Waals surface area contributed by atoms with Crippen LogP contribution in [-0.2, 0) is 4.74 Å². The van der Waals surface area contributed by atoms with E-state index in [0.29, 0.717) is 32.2 Å². The van der Waals surface area contributed by atoms with Crippen LogP contribution in [0.3, 0.4) is 0 Å². The number of carbonyl (C=O) groups is 1. The zero-order valence-corrected chi connectivity index (χ0v) is 20.0. The lowest BCUT2D eigenvalue weighted by Gasteiger charge is -2.36. The molecule has 1 aromatic carbocycles. The van der Waals surface area contributed by atoms with Gasteiger partial charge in [0.15, 0.2) is 0 Å². The lowest BCUT2D eigenvalue weighted by molar-refractivity contribution is 0.0214. The molecule has 0 saturated carbocycles. The maximum Gasteiger partial charge on any atom is 0.251 e. The summed E-state index contributed by atoms with van der Waals surface area (Å²) in [5.74, 6) is 2.06. The van der Waals surface area contributed by atoms with Crippen LogP contribution in [0.1, 0.15) is 73.4 Å². The smallest absolute Gasteiger partial charge is 0.251 e. The van der Waals surface area contributed by atoms with E-state index in [2.05, 4.69) is 23.7 Å². The SMILES string of the molecule is C=C(CCCN1CC[C@@H](CNC(=O)c2cc(C)cc3c2C(CC)CCO3)[C@H](O)C1)OCC. The predicted molar refractivity (Wildman–Crippen MR) is 127 cm³/mol. The third-order valence-electron chi connectivity index (χ3n) is 6.76. The first-order valence-corrected chi connectivity index (χ1v) is 12.2. The molecule has 3 rings (SSSR count). The fraction of sp³-hybridized carbons (Fsp3) is 0.654. The van der Waals surface area contributed by atoms with Crippen LogP contribution in [0.5, 0.6) is 5.75 Å². The van der Waals surface area contributed by atoms with Gasteiger partial charge in [0.1, 0.15) is 5.75 Å². The minimum atomic E-state index is -0.433. The molecule has 2 aliphatic rings. The second-order valence-corrected chi connectivity index (χ2v) is 9.17. The molecule has 0 radical (unpaired) electrons. The van der Waals surface area contributed by atoms with Crippen molar-refractivity contribution in [2.75, 3.05) is 39.4 Å². The van der Waals surface area contributed by atoms with Gasteiger partial charge in [-0.15, -0.1) is 0 Å². The van der Waals surface area contributed by atoms with Crippen molar-refractivity contribution in [2.45, 2.75) is 64.9 Å². The van der Waals surface area contributed by atoms with Crippen LogP contribution in [0.25, 0.3) is 0 Å². The summed E-state index contributed by atoms with van der Waals surface area (Å²) in [7, 11) is 0. The Kier molecular flexibility index (Phi) is 9.00. The van der Waals surface area contributed by atoms with E-state index in [0.717, 1.165) is 73.4 Å². The molecule has 32 heavy (non-hydrogen) atoms. The number of aliphatic hydroxyl groups excluding tert-OH is 1. The highest BCUT2D eigenvalue weighted by atomic mass is 16.5. The van der Waals surface area contributed by atoms with Crippen LogP contribution in [0.15, 0.2) is 24.5 Å². The minimum Gasteiger partial charge on any atom is -0.499 e. The largest absolute Gasteiger partial charge is 0.499 e.